The van der Waals surface area contributed by atoms with Crippen molar-refractivity contribution in [2.75, 3.05) is 14.2 Å². The van der Waals surface area contributed by atoms with Crippen LogP contribution in [0.2, 0.25) is 0 Å². The molecule has 0 saturated carbocycles. The molecule has 0 aliphatic heterocycles. The number of nitrogens with one attached hydrogen (secondary N) is 1. The first-order valence-corrected chi connectivity index (χ1v) is 6.91. The minimum atomic E-state index is -1.06. The van der Waals surface area contributed by atoms with E-state index < -0.39 is 17.5 Å². The second kappa shape index (κ2) is 7.09. The zero-order chi connectivity index (χ0) is 17.0. The molecule has 1 N–H and O–H groups in total. The summed E-state index contributed by atoms with van der Waals surface area (Å²) in [4.78, 5) is 12.0. The Morgan fingerprint density at radius 1 is 1.04 bits per heavy atom. The highest BCUT2D eigenvalue weighted by Crippen LogP contribution is 2.30. The van der Waals surface area contributed by atoms with Gasteiger partial charge in [0.05, 0.1) is 14.2 Å². The standard InChI is InChI=1S/C17H17F2NO3/c1-10-6-15(22-2)16(23-3)8-12(10)9-20-17(21)11-4-5-13(18)14(19)7-11/h4-8H,9H2,1-3H3,(H,20,21). The van der Waals surface area contributed by atoms with Gasteiger partial charge < -0.3 is 14.8 Å². The zero-order valence-electron chi connectivity index (χ0n) is 13.1. The fraction of sp³-hybridized carbons (Fsp3) is 0.235. The Hall–Kier alpha value is -2.63. The quantitative estimate of drug-likeness (QED) is 0.920. The van der Waals surface area contributed by atoms with E-state index in [-0.39, 0.29) is 12.1 Å². The van der Waals surface area contributed by atoms with Crippen molar-refractivity contribution in [2.45, 2.75) is 13.5 Å². The summed E-state index contributed by atoms with van der Waals surface area (Å²) in [7, 11) is 3.07. The monoisotopic (exact) mass is 321 g/mol. The summed E-state index contributed by atoms with van der Waals surface area (Å²) >= 11 is 0. The minimum Gasteiger partial charge on any atom is -0.493 e. The molecule has 0 heterocycles. The molecule has 4 nitrogen and oxygen atoms in total. The Bertz CT molecular complexity index is 732. The van der Waals surface area contributed by atoms with Crippen molar-refractivity contribution in [1.82, 2.24) is 5.32 Å². The van der Waals surface area contributed by atoms with Crippen molar-refractivity contribution in [3.63, 3.8) is 0 Å². The molecule has 122 valence electrons. The van der Waals surface area contributed by atoms with Crippen LogP contribution in [0.3, 0.4) is 0 Å². The largest absolute Gasteiger partial charge is 0.493 e. The number of amides is 1. The van der Waals surface area contributed by atoms with Crippen LogP contribution in [-0.2, 0) is 6.54 Å². The van der Waals surface area contributed by atoms with Crippen LogP contribution in [0, 0.1) is 18.6 Å². The van der Waals surface area contributed by atoms with Gasteiger partial charge in [-0.15, -0.1) is 0 Å². The van der Waals surface area contributed by atoms with Gasteiger partial charge in [-0.05, 0) is 48.4 Å². The van der Waals surface area contributed by atoms with Gasteiger partial charge in [-0.25, -0.2) is 8.78 Å². The molecule has 6 heteroatoms. The van der Waals surface area contributed by atoms with Gasteiger partial charge in [0.25, 0.3) is 5.91 Å². The van der Waals surface area contributed by atoms with Crippen molar-refractivity contribution >= 4 is 5.91 Å². The highest BCUT2D eigenvalue weighted by molar-refractivity contribution is 5.94. The van der Waals surface area contributed by atoms with Gasteiger partial charge >= 0.3 is 0 Å². The lowest BCUT2D eigenvalue weighted by Crippen LogP contribution is -2.23. The number of rotatable bonds is 5. The number of ether oxygens (including phenoxy) is 2. The first kappa shape index (κ1) is 16.7. The van der Waals surface area contributed by atoms with Gasteiger partial charge in [-0.2, -0.15) is 0 Å². The SMILES string of the molecule is COc1cc(C)c(CNC(=O)c2ccc(F)c(F)c2)cc1OC. The topological polar surface area (TPSA) is 47.6 Å². The minimum absolute atomic E-state index is 0.0574. The maximum Gasteiger partial charge on any atom is 0.251 e. The molecular weight excluding hydrogens is 304 g/mol. The lowest BCUT2D eigenvalue weighted by molar-refractivity contribution is 0.0950. The predicted molar refractivity (Wildman–Crippen MR) is 81.8 cm³/mol. The number of benzene rings is 2. The van der Waals surface area contributed by atoms with Crippen LogP contribution in [0.5, 0.6) is 11.5 Å². The van der Waals surface area contributed by atoms with Crippen LogP contribution >= 0.6 is 0 Å². The van der Waals surface area contributed by atoms with E-state index in [1.54, 1.807) is 19.2 Å². The fourth-order valence-electron chi connectivity index (χ4n) is 2.13. The normalized spacial score (nSPS) is 10.3. The molecule has 0 fully saturated rings. The predicted octanol–water partition coefficient (Wildman–Crippen LogP) is 3.22. The molecule has 0 radical (unpaired) electrons. The lowest BCUT2D eigenvalue weighted by atomic mass is 10.1. The smallest absolute Gasteiger partial charge is 0.251 e. The Balaban J connectivity index is 2.13. The lowest BCUT2D eigenvalue weighted by Gasteiger charge is -2.13. The molecule has 0 aliphatic rings. The summed E-state index contributed by atoms with van der Waals surface area (Å²) in [6, 6.07) is 6.59. The average molecular weight is 321 g/mol. The number of carbonyl (C=O) groups excluding carboxylic acids is 1. The molecule has 0 atom stereocenters. The van der Waals surface area contributed by atoms with Crippen LogP contribution in [-0.4, -0.2) is 20.1 Å². The Morgan fingerprint density at radius 3 is 2.30 bits per heavy atom. The third-order valence-electron chi connectivity index (χ3n) is 3.46. The Labute approximate surface area is 133 Å². The maximum atomic E-state index is 13.2. The van der Waals surface area contributed by atoms with Crippen LogP contribution < -0.4 is 14.8 Å². The number of hydrogen-bond acceptors (Lipinski definition) is 3. The van der Waals surface area contributed by atoms with E-state index in [9.17, 15) is 13.6 Å². The van der Waals surface area contributed by atoms with Crippen LogP contribution in [0.25, 0.3) is 0 Å². The Kier molecular flexibility index (Phi) is 5.16. The van der Waals surface area contributed by atoms with E-state index in [1.165, 1.54) is 13.2 Å². The van der Waals surface area contributed by atoms with Gasteiger partial charge in [-0.3, -0.25) is 4.79 Å². The van der Waals surface area contributed by atoms with E-state index in [2.05, 4.69) is 5.32 Å². The van der Waals surface area contributed by atoms with Crippen molar-refractivity contribution < 1.29 is 23.0 Å². The molecule has 0 bridgehead atoms. The van der Waals surface area contributed by atoms with Crippen LogP contribution in [0.15, 0.2) is 30.3 Å². The van der Waals surface area contributed by atoms with Gasteiger partial charge in [0.1, 0.15) is 0 Å². The fourth-order valence-corrected chi connectivity index (χ4v) is 2.13. The number of hydrogen-bond donors (Lipinski definition) is 1. The summed E-state index contributed by atoms with van der Waals surface area (Å²) in [5, 5.41) is 2.67. The molecule has 1 amide bonds. The zero-order valence-corrected chi connectivity index (χ0v) is 13.1. The van der Waals surface area contributed by atoms with Crippen LogP contribution in [0.4, 0.5) is 8.78 Å². The van der Waals surface area contributed by atoms with E-state index in [1.807, 2.05) is 6.92 Å². The third-order valence-corrected chi connectivity index (χ3v) is 3.46. The van der Waals surface area contributed by atoms with E-state index in [0.717, 1.165) is 23.3 Å². The molecule has 0 spiro atoms. The number of aryl methyl sites for hydroxylation is 1. The van der Waals surface area contributed by atoms with Gasteiger partial charge in [-0.1, -0.05) is 0 Å². The highest BCUT2D eigenvalue weighted by Gasteiger charge is 2.12. The van der Waals surface area contributed by atoms with Crippen molar-refractivity contribution in [2.24, 2.45) is 0 Å². The molecule has 2 aromatic carbocycles. The second-order valence-corrected chi connectivity index (χ2v) is 4.95. The summed E-state index contributed by atoms with van der Waals surface area (Å²) in [5.41, 5.74) is 1.80. The van der Waals surface area contributed by atoms with Crippen molar-refractivity contribution in [1.29, 1.82) is 0 Å². The third kappa shape index (κ3) is 3.77. The molecular formula is C17H17F2NO3. The summed E-state index contributed by atoms with van der Waals surface area (Å²) in [5.74, 6) is -1.38. The van der Waals surface area contributed by atoms with Crippen molar-refractivity contribution in [3.8, 4) is 11.5 Å². The van der Waals surface area contributed by atoms with E-state index in [0.29, 0.717) is 11.5 Å². The molecule has 2 aromatic rings. The molecule has 0 aromatic heterocycles. The summed E-state index contributed by atoms with van der Waals surface area (Å²) in [6.07, 6.45) is 0. The van der Waals surface area contributed by atoms with Crippen LogP contribution in [0.1, 0.15) is 21.5 Å². The van der Waals surface area contributed by atoms with Gasteiger partial charge in [0.2, 0.25) is 0 Å². The summed E-state index contributed by atoms with van der Waals surface area (Å²) in [6.45, 7) is 2.10. The van der Waals surface area contributed by atoms with Gasteiger partial charge in [0, 0.05) is 12.1 Å². The molecule has 23 heavy (non-hydrogen) atoms. The first-order chi connectivity index (χ1) is 11.0. The molecule has 0 saturated heterocycles. The second-order valence-electron chi connectivity index (χ2n) is 4.95. The molecule has 0 aliphatic carbocycles. The first-order valence-electron chi connectivity index (χ1n) is 6.91. The van der Waals surface area contributed by atoms with E-state index >= 15 is 0 Å². The number of methoxy groups -OCH3 is 2. The molecule has 2 rings (SSSR count). The molecule has 0 unspecified atom stereocenters. The average Bonchev–Trinajstić information content (AvgIpc) is 2.55. The maximum absolute atomic E-state index is 13.2. The number of carbonyl (C=O) groups is 1. The van der Waals surface area contributed by atoms with E-state index in [4.69, 9.17) is 9.47 Å². The van der Waals surface area contributed by atoms with Gasteiger partial charge in [0.15, 0.2) is 23.1 Å². The van der Waals surface area contributed by atoms with Crippen molar-refractivity contribution in [3.05, 3.63) is 58.7 Å². The number of halogens is 2. The Morgan fingerprint density at radius 2 is 1.70 bits per heavy atom. The highest BCUT2D eigenvalue weighted by atomic mass is 19.2. The summed E-state index contributed by atoms with van der Waals surface area (Å²) < 4.78 is 36.5.